The van der Waals surface area contributed by atoms with E-state index in [1.807, 2.05) is 39.0 Å². The van der Waals surface area contributed by atoms with E-state index in [-0.39, 0.29) is 36.8 Å². The lowest BCUT2D eigenvalue weighted by Gasteiger charge is -2.38. The molecular weight excluding hydrogens is 506 g/mol. The Hall–Kier alpha value is -2.97. The van der Waals surface area contributed by atoms with E-state index in [1.54, 1.807) is 33.9 Å². The molecule has 2 bridgehead atoms. The molecule has 1 N–H and O–H groups in total. The van der Waals surface area contributed by atoms with Gasteiger partial charge in [-0.1, -0.05) is 37.3 Å². The molecule has 3 fully saturated rings. The molecule has 0 saturated carbocycles. The van der Waals surface area contributed by atoms with E-state index in [1.165, 1.54) is 0 Å². The van der Waals surface area contributed by atoms with Crippen LogP contribution in [-0.2, 0) is 19.1 Å². The molecule has 3 aliphatic heterocycles. The van der Waals surface area contributed by atoms with Crippen molar-refractivity contribution in [3.05, 3.63) is 54.6 Å². The molecule has 0 radical (unpaired) electrons. The van der Waals surface area contributed by atoms with Crippen LogP contribution in [0.5, 0.6) is 0 Å². The molecule has 1 aromatic rings. The number of carbonyl (C=O) groups excluding carboxylic acids is 3. The summed E-state index contributed by atoms with van der Waals surface area (Å²) in [7, 11) is 1.72. The molecule has 3 aliphatic rings. The standard InChI is InChI=1S/C32H45N3O5/c1-8-16-33(7)28(37)24-25-29(38)35(18-11-10-12-19-36)27(32(25)20-23(5)31(24,6)40-32)30(39)34(17-9-2)26-21(3)14-13-15-22(26)4/h8-9,13-15,23-25,27,36H,1-2,10-12,16-20H2,3-7H3/t23?,24-,25+,27?,31+,32?/m1/s1. The number of benzene rings is 1. The first-order chi connectivity index (χ1) is 19.0. The van der Waals surface area contributed by atoms with Crippen molar-refractivity contribution in [1.29, 1.82) is 0 Å². The molecule has 8 heteroatoms. The van der Waals surface area contributed by atoms with Gasteiger partial charge in [0.25, 0.3) is 5.91 Å². The highest BCUT2D eigenvalue weighted by atomic mass is 16.5. The monoisotopic (exact) mass is 551 g/mol. The number of aliphatic hydroxyl groups is 1. The Bertz CT molecular complexity index is 1160. The summed E-state index contributed by atoms with van der Waals surface area (Å²) in [5, 5.41) is 9.31. The van der Waals surface area contributed by atoms with E-state index in [2.05, 4.69) is 20.1 Å². The van der Waals surface area contributed by atoms with Gasteiger partial charge in [-0.25, -0.2) is 0 Å². The average Bonchev–Trinajstić information content (AvgIpc) is 3.42. The van der Waals surface area contributed by atoms with Crippen LogP contribution in [0.25, 0.3) is 0 Å². The Morgan fingerprint density at radius 3 is 2.38 bits per heavy atom. The van der Waals surface area contributed by atoms with Crippen LogP contribution in [0.15, 0.2) is 43.5 Å². The molecule has 218 valence electrons. The van der Waals surface area contributed by atoms with Crippen LogP contribution >= 0.6 is 0 Å². The number of amides is 3. The lowest BCUT2D eigenvalue weighted by molar-refractivity contribution is -0.150. The maximum Gasteiger partial charge on any atom is 0.253 e. The van der Waals surface area contributed by atoms with Gasteiger partial charge >= 0.3 is 0 Å². The molecular formula is C32H45N3O5. The van der Waals surface area contributed by atoms with Crippen molar-refractivity contribution >= 4 is 23.4 Å². The highest BCUT2D eigenvalue weighted by Crippen LogP contribution is 2.65. The fourth-order valence-corrected chi connectivity index (χ4v) is 7.53. The number of fused-ring (bicyclic) bond motifs is 1. The van der Waals surface area contributed by atoms with Gasteiger partial charge in [0.1, 0.15) is 11.6 Å². The number of hydrogen-bond acceptors (Lipinski definition) is 5. The third-order valence-corrected chi connectivity index (χ3v) is 9.44. The van der Waals surface area contributed by atoms with Crippen molar-refractivity contribution in [3.63, 3.8) is 0 Å². The number of aliphatic hydroxyl groups excluding tert-OH is 1. The first kappa shape index (κ1) is 30.0. The quantitative estimate of drug-likeness (QED) is 0.317. The van der Waals surface area contributed by atoms with Gasteiger partial charge in [-0.15, -0.1) is 13.2 Å². The van der Waals surface area contributed by atoms with E-state index in [4.69, 9.17) is 4.74 Å². The molecule has 0 aromatic heterocycles. The van der Waals surface area contributed by atoms with Crippen molar-refractivity contribution in [3.8, 4) is 0 Å². The smallest absolute Gasteiger partial charge is 0.253 e. The molecule has 6 atom stereocenters. The van der Waals surface area contributed by atoms with Crippen LogP contribution in [0.3, 0.4) is 0 Å². The fraction of sp³-hybridized carbons (Fsp3) is 0.594. The van der Waals surface area contributed by atoms with Crippen LogP contribution in [0.2, 0.25) is 0 Å². The summed E-state index contributed by atoms with van der Waals surface area (Å²) in [4.78, 5) is 48.0. The Balaban J connectivity index is 1.83. The van der Waals surface area contributed by atoms with E-state index < -0.39 is 29.1 Å². The molecule has 1 spiro atoms. The molecule has 40 heavy (non-hydrogen) atoms. The highest BCUT2D eigenvalue weighted by Gasteiger charge is 2.80. The van der Waals surface area contributed by atoms with Crippen LogP contribution in [0, 0.1) is 31.6 Å². The summed E-state index contributed by atoms with van der Waals surface area (Å²) in [6, 6.07) is 5.05. The van der Waals surface area contributed by atoms with Gasteiger partial charge in [0.15, 0.2) is 0 Å². The Morgan fingerprint density at radius 1 is 1.12 bits per heavy atom. The third-order valence-electron chi connectivity index (χ3n) is 9.44. The van der Waals surface area contributed by atoms with E-state index in [0.717, 1.165) is 23.2 Å². The number of nitrogens with zero attached hydrogens (tertiary/aromatic N) is 3. The van der Waals surface area contributed by atoms with Crippen molar-refractivity contribution < 1.29 is 24.2 Å². The molecule has 4 rings (SSSR count). The Kier molecular flexibility index (Phi) is 8.62. The Morgan fingerprint density at radius 2 is 1.77 bits per heavy atom. The summed E-state index contributed by atoms with van der Waals surface area (Å²) in [6.45, 7) is 16.7. The number of unbranched alkanes of at least 4 members (excludes halogenated alkanes) is 2. The van der Waals surface area contributed by atoms with Crippen molar-refractivity contribution in [1.82, 2.24) is 9.80 Å². The lowest BCUT2D eigenvalue weighted by atomic mass is 9.62. The number of anilines is 1. The first-order valence-corrected chi connectivity index (χ1v) is 14.5. The zero-order chi connectivity index (χ0) is 29.4. The maximum atomic E-state index is 14.8. The van der Waals surface area contributed by atoms with Gasteiger partial charge in [0.05, 0.1) is 17.4 Å². The SMILES string of the molecule is C=CCN(C)C(=O)[C@H]1[C@H]2C(=O)N(CCCCCO)C(C(=O)N(CC=C)c3c(C)cccc3C)C23CC(C)[C@]1(C)O3. The number of likely N-dealkylation sites (N-methyl/N-ethyl adjacent to an activating group) is 1. The summed E-state index contributed by atoms with van der Waals surface area (Å²) in [5.74, 6) is -2.02. The minimum atomic E-state index is -1.11. The van der Waals surface area contributed by atoms with Crippen LogP contribution in [-0.4, -0.2) is 83.2 Å². The van der Waals surface area contributed by atoms with Gasteiger partial charge in [-0.2, -0.15) is 0 Å². The number of aryl methyl sites for hydroxylation is 2. The van der Waals surface area contributed by atoms with Gasteiger partial charge in [0.2, 0.25) is 11.8 Å². The molecule has 8 nitrogen and oxygen atoms in total. The van der Waals surface area contributed by atoms with Crippen LogP contribution in [0.4, 0.5) is 5.69 Å². The molecule has 3 saturated heterocycles. The van der Waals surface area contributed by atoms with Crippen molar-refractivity contribution in [2.75, 3.05) is 38.2 Å². The van der Waals surface area contributed by atoms with Crippen molar-refractivity contribution in [2.24, 2.45) is 17.8 Å². The zero-order valence-corrected chi connectivity index (χ0v) is 24.7. The summed E-state index contributed by atoms with van der Waals surface area (Å²) in [5.41, 5.74) is 0.754. The van der Waals surface area contributed by atoms with Gasteiger partial charge in [-0.3, -0.25) is 14.4 Å². The summed E-state index contributed by atoms with van der Waals surface area (Å²) < 4.78 is 6.88. The minimum absolute atomic E-state index is 0.0275. The van der Waals surface area contributed by atoms with Crippen molar-refractivity contribution in [2.45, 2.75) is 70.6 Å². The second kappa shape index (κ2) is 11.5. The van der Waals surface area contributed by atoms with Crippen LogP contribution in [0.1, 0.15) is 50.7 Å². The van der Waals surface area contributed by atoms with E-state index >= 15 is 0 Å². The number of rotatable bonds is 12. The largest absolute Gasteiger partial charge is 0.396 e. The third kappa shape index (κ3) is 4.59. The zero-order valence-electron chi connectivity index (χ0n) is 24.7. The minimum Gasteiger partial charge on any atom is -0.396 e. The van der Waals surface area contributed by atoms with Crippen LogP contribution < -0.4 is 4.90 Å². The topological polar surface area (TPSA) is 90.4 Å². The summed E-state index contributed by atoms with van der Waals surface area (Å²) in [6.07, 6.45) is 5.89. The summed E-state index contributed by atoms with van der Waals surface area (Å²) >= 11 is 0. The van der Waals surface area contributed by atoms with Gasteiger partial charge in [0, 0.05) is 39.0 Å². The number of hydrogen-bond donors (Lipinski definition) is 1. The average molecular weight is 552 g/mol. The maximum absolute atomic E-state index is 14.8. The van der Waals surface area contributed by atoms with Gasteiger partial charge in [-0.05, 0) is 63.5 Å². The normalized spacial score (nSPS) is 30.4. The predicted octanol–water partition coefficient (Wildman–Crippen LogP) is 3.64. The number of para-hydroxylation sites is 1. The fourth-order valence-electron chi connectivity index (χ4n) is 7.53. The number of ether oxygens (including phenoxy) is 1. The number of likely N-dealkylation sites (tertiary alicyclic amines) is 1. The van der Waals surface area contributed by atoms with E-state index in [9.17, 15) is 19.5 Å². The highest BCUT2D eigenvalue weighted by molar-refractivity contribution is 6.05. The lowest BCUT2D eigenvalue weighted by Crippen LogP contribution is -2.57. The predicted molar refractivity (Wildman–Crippen MR) is 156 cm³/mol. The number of carbonyl (C=O) groups is 3. The first-order valence-electron chi connectivity index (χ1n) is 14.5. The van der Waals surface area contributed by atoms with Gasteiger partial charge < -0.3 is 24.5 Å². The Labute approximate surface area is 238 Å². The second-order valence-electron chi connectivity index (χ2n) is 12.0. The molecule has 3 heterocycles. The molecule has 1 aromatic carbocycles. The molecule has 3 amide bonds. The van der Waals surface area contributed by atoms with E-state index in [0.29, 0.717) is 32.4 Å². The second-order valence-corrected chi connectivity index (χ2v) is 12.0. The molecule has 3 unspecified atom stereocenters. The molecule has 0 aliphatic carbocycles.